The molecule has 0 aromatic carbocycles. The number of hydrogen-bond donors (Lipinski definition) is 1. The summed E-state index contributed by atoms with van der Waals surface area (Å²) in [5, 5.41) is 7.11. The minimum atomic E-state index is 0.586. The second-order valence-electron chi connectivity index (χ2n) is 3.29. The molecular formula is C9H14N2O. The largest absolute Gasteiger partial charge is 0.361 e. The zero-order valence-corrected chi connectivity index (χ0v) is 7.12. The second kappa shape index (κ2) is 3.72. The highest BCUT2D eigenvalue weighted by atomic mass is 16.5. The summed E-state index contributed by atoms with van der Waals surface area (Å²) in [6.45, 7) is 2.25. The van der Waals surface area contributed by atoms with E-state index in [9.17, 15) is 0 Å². The summed E-state index contributed by atoms with van der Waals surface area (Å²) in [7, 11) is 0. The van der Waals surface area contributed by atoms with E-state index in [1.807, 2.05) is 6.07 Å². The first-order valence-electron chi connectivity index (χ1n) is 4.58. The van der Waals surface area contributed by atoms with E-state index in [0.717, 1.165) is 18.8 Å². The Kier molecular flexibility index (Phi) is 2.42. The molecule has 1 unspecified atom stereocenters. The molecule has 1 N–H and O–H groups in total. The molecule has 3 heteroatoms. The normalized spacial score (nSPS) is 25.2. The van der Waals surface area contributed by atoms with Crippen LogP contribution in [-0.4, -0.2) is 18.2 Å². The van der Waals surface area contributed by atoms with Crippen molar-refractivity contribution in [2.24, 2.45) is 0 Å². The van der Waals surface area contributed by atoms with Crippen LogP contribution in [0.1, 0.15) is 30.9 Å². The van der Waals surface area contributed by atoms with Crippen LogP contribution in [-0.2, 0) is 0 Å². The number of hydrogen-bond acceptors (Lipinski definition) is 3. The van der Waals surface area contributed by atoms with Gasteiger partial charge in [0, 0.05) is 12.0 Å². The lowest BCUT2D eigenvalue weighted by molar-refractivity contribution is 0.350. The highest BCUT2D eigenvalue weighted by Gasteiger charge is 2.16. The van der Waals surface area contributed by atoms with Crippen LogP contribution in [0.3, 0.4) is 0 Å². The molecule has 1 aromatic heterocycles. The van der Waals surface area contributed by atoms with Crippen LogP contribution in [0.4, 0.5) is 0 Å². The Morgan fingerprint density at radius 2 is 2.42 bits per heavy atom. The van der Waals surface area contributed by atoms with Gasteiger partial charge in [-0.05, 0) is 32.4 Å². The summed E-state index contributed by atoms with van der Waals surface area (Å²) in [5.41, 5.74) is 0. The van der Waals surface area contributed by atoms with Gasteiger partial charge in [-0.2, -0.15) is 0 Å². The molecule has 1 atom stereocenters. The minimum absolute atomic E-state index is 0.586. The molecule has 0 bridgehead atoms. The van der Waals surface area contributed by atoms with Crippen molar-refractivity contribution in [1.29, 1.82) is 0 Å². The van der Waals surface area contributed by atoms with Gasteiger partial charge in [-0.25, -0.2) is 0 Å². The van der Waals surface area contributed by atoms with E-state index in [4.69, 9.17) is 4.52 Å². The zero-order valence-electron chi connectivity index (χ0n) is 7.12. The molecule has 0 radical (unpaired) electrons. The first kappa shape index (κ1) is 7.80. The van der Waals surface area contributed by atoms with Gasteiger partial charge in [0.1, 0.15) is 5.76 Å². The number of rotatable bonds is 1. The molecule has 0 amide bonds. The fraction of sp³-hybridized carbons (Fsp3) is 0.667. The van der Waals surface area contributed by atoms with Crippen LogP contribution in [0.5, 0.6) is 0 Å². The van der Waals surface area contributed by atoms with Gasteiger partial charge in [-0.1, -0.05) is 5.16 Å². The maximum Gasteiger partial charge on any atom is 0.139 e. The molecule has 66 valence electrons. The molecule has 12 heavy (non-hydrogen) atoms. The van der Waals surface area contributed by atoms with E-state index in [0.29, 0.717) is 5.92 Å². The average molecular weight is 166 g/mol. The van der Waals surface area contributed by atoms with Gasteiger partial charge >= 0.3 is 0 Å². The molecule has 0 saturated carbocycles. The highest BCUT2D eigenvalue weighted by molar-refractivity contribution is 5.02. The summed E-state index contributed by atoms with van der Waals surface area (Å²) >= 11 is 0. The predicted octanol–water partition coefficient (Wildman–Crippen LogP) is 1.53. The molecule has 1 aromatic rings. The Bertz CT molecular complexity index is 212. The van der Waals surface area contributed by atoms with E-state index in [2.05, 4.69) is 10.5 Å². The van der Waals surface area contributed by atoms with E-state index in [1.165, 1.54) is 19.3 Å². The zero-order chi connectivity index (χ0) is 8.23. The lowest BCUT2D eigenvalue weighted by Gasteiger charge is -2.07. The number of nitrogens with one attached hydrogen (secondary N) is 1. The van der Waals surface area contributed by atoms with Crippen molar-refractivity contribution in [3.05, 3.63) is 18.0 Å². The lowest BCUT2D eigenvalue weighted by Crippen LogP contribution is -2.13. The molecule has 1 aliphatic heterocycles. The number of nitrogens with zero attached hydrogens (tertiary/aromatic N) is 1. The van der Waals surface area contributed by atoms with Gasteiger partial charge in [-0.3, -0.25) is 0 Å². The minimum Gasteiger partial charge on any atom is -0.361 e. The third-order valence-electron chi connectivity index (χ3n) is 2.44. The quantitative estimate of drug-likeness (QED) is 0.687. The van der Waals surface area contributed by atoms with Gasteiger partial charge < -0.3 is 9.84 Å². The Labute approximate surface area is 72.1 Å². The Morgan fingerprint density at radius 1 is 1.42 bits per heavy atom. The Hall–Kier alpha value is -0.830. The summed E-state index contributed by atoms with van der Waals surface area (Å²) in [6, 6.07) is 1.98. The fourth-order valence-electron chi connectivity index (χ4n) is 1.74. The topological polar surface area (TPSA) is 38.1 Å². The van der Waals surface area contributed by atoms with Gasteiger partial charge in [-0.15, -0.1) is 0 Å². The van der Waals surface area contributed by atoms with Crippen LogP contribution in [0.25, 0.3) is 0 Å². The third kappa shape index (κ3) is 1.67. The van der Waals surface area contributed by atoms with E-state index < -0.39 is 0 Å². The van der Waals surface area contributed by atoms with Gasteiger partial charge in [0.15, 0.2) is 0 Å². The SMILES string of the molecule is c1cc(C2CCCNCC2)on1. The number of aromatic nitrogens is 1. The van der Waals surface area contributed by atoms with Crippen LogP contribution in [0, 0.1) is 0 Å². The standard InChI is InChI=1S/C9H14N2O/c1-2-8(3-6-10-5-1)9-4-7-11-12-9/h4,7-8,10H,1-3,5-6H2. The summed E-state index contributed by atoms with van der Waals surface area (Å²) in [6.07, 6.45) is 5.37. The van der Waals surface area contributed by atoms with Crippen molar-refractivity contribution in [2.75, 3.05) is 13.1 Å². The molecule has 1 saturated heterocycles. The van der Waals surface area contributed by atoms with Crippen LogP contribution >= 0.6 is 0 Å². The van der Waals surface area contributed by atoms with Gasteiger partial charge in [0.05, 0.1) is 6.20 Å². The first-order chi connectivity index (χ1) is 5.97. The van der Waals surface area contributed by atoms with Crippen LogP contribution < -0.4 is 5.32 Å². The van der Waals surface area contributed by atoms with Crippen LogP contribution in [0.2, 0.25) is 0 Å². The monoisotopic (exact) mass is 166 g/mol. The summed E-state index contributed by atoms with van der Waals surface area (Å²) in [5.74, 6) is 1.64. The van der Waals surface area contributed by atoms with Gasteiger partial charge in [0.2, 0.25) is 0 Å². The van der Waals surface area contributed by atoms with E-state index >= 15 is 0 Å². The third-order valence-corrected chi connectivity index (χ3v) is 2.44. The van der Waals surface area contributed by atoms with Gasteiger partial charge in [0.25, 0.3) is 0 Å². The van der Waals surface area contributed by atoms with E-state index in [-0.39, 0.29) is 0 Å². The van der Waals surface area contributed by atoms with Crippen LogP contribution in [0.15, 0.2) is 16.8 Å². The lowest BCUT2D eigenvalue weighted by atomic mass is 9.98. The molecule has 2 heterocycles. The maximum absolute atomic E-state index is 5.15. The first-order valence-corrected chi connectivity index (χ1v) is 4.58. The Morgan fingerprint density at radius 3 is 3.25 bits per heavy atom. The molecule has 3 nitrogen and oxygen atoms in total. The van der Waals surface area contributed by atoms with Crippen molar-refractivity contribution in [3.63, 3.8) is 0 Å². The molecule has 0 spiro atoms. The summed E-state index contributed by atoms with van der Waals surface area (Å²) < 4.78 is 5.15. The molecule has 2 rings (SSSR count). The van der Waals surface area contributed by atoms with Crippen molar-refractivity contribution >= 4 is 0 Å². The van der Waals surface area contributed by atoms with Crippen molar-refractivity contribution in [1.82, 2.24) is 10.5 Å². The molecule has 1 aliphatic rings. The average Bonchev–Trinajstić information content (AvgIpc) is 2.48. The molecular weight excluding hydrogens is 152 g/mol. The highest BCUT2D eigenvalue weighted by Crippen LogP contribution is 2.25. The maximum atomic E-state index is 5.15. The van der Waals surface area contributed by atoms with Crippen molar-refractivity contribution in [2.45, 2.75) is 25.2 Å². The van der Waals surface area contributed by atoms with Crippen molar-refractivity contribution in [3.8, 4) is 0 Å². The second-order valence-corrected chi connectivity index (χ2v) is 3.29. The molecule has 0 aliphatic carbocycles. The Balaban J connectivity index is 2.02. The fourth-order valence-corrected chi connectivity index (χ4v) is 1.74. The van der Waals surface area contributed by atoms with E-state index in [1.54, 1.807) is 6.20 Å². The summed E-state index contributed by atoms with van der Waals surface area (Å²) in [4.78, 5) is 0. The van der Waals surface area contributed by atoms with Crippen molar-refractivity contribution < 1.29 is 4.52 Å². The predicted molar refractivity (Wildman–Crippen MR) is 46.0 cm³/mol. The smallest absolute Gasteiger partial charge is 0.139 e. The molecule has 1 fully saturated rings.